The second kappa shape index (κ2) is 6.15. The molecule has 17 heavy (non-hydrogen) atoms. The lowest BCUT2D eigenvalue weighted by Gasteiger charge is -2.25. The highest BCUT2D eigenvalue weighted by Gasteiger charge is 2.16. The van der Waals surface area contributed by atoms with Crippen molar-refractivity contribution in [3.63, 3.8) is 0 Å². The fraction of sp³-hybridized carbons (Fsp3) is 0.571. The standard InChI is InChI=1S/C14H21NO2/c1-11-4-2-3-5-13(11)14(16)10-15-12-6-8-17-9-7-12/h2-5,12,14-16H,6-10H2,1H3. The summed E-state index contributed by atoms with van der Waals surface area (Å²) in [5.74, 6) is 0. The van der Waals surface area contributed by atoms with Crippen molar-refractivity contribution in [2.24, 2.45) is 0 Å². The zero-order valence-electron chi connectivity index (χ0n) is 10.4. The molecule has 0 saturated carbocycles. The van der Waals surface area contributed by atoms with Gasteiger partial charge in [0.15, 0.2) is 0 Å². The highest BCUT2D eigenvalue weighted by atomic mass is 16.5. The minimum Gasteiger partial charge on any atom is -0.387 e. The Labute approximate surface area is 103 Å². The molecule has 0 bridgehead atoms. The van der Waals surface area contributed by atoms with E-state index < -0.39 is 6.10 Å². The molecule has 1 atom stereocenters. The molecule has 1 aliphatic heterocycles. The number of aliphatic hydroxyl groups is 1. The van der Waals surface area contributed by atoms with Gasteiger partial charge in [-0.15, -0.1) is 0 Å². The van der Waals surface area contributed by atoms with Crippen molar-refractivity contribution in [2.45, 2.75) is 31.9 Å². The van der Waals surface area contributed by atoms with Crippen molar-refractivity contribution < 1.29 is 9.84 Å². The Morgan fingerprint density at radius 3 is 2.76 bits per heavy atom. The van der Waals surface area contributed by atoms with Crippen molar-refractivity contribution in [3.8, 4) is 0 Å². The summed E-state index contributed by atoms with van der Waals surface area (Å²) < 4.78 is 5.31. The van der Waals surface area contributed by atoms with Gasteiger partial charge in [0, 0.05) is 25.8 Å². The second-order valence-corrected chi connectivity index (χ2v) is 4.67. The van der Waals surface area contributed by atoms with Crippen LogP contribution in [-0.2, 0) is 4.74 Å². The van der Waals surface area contributed by atoms with Crippen LogP contribution >= 0.6 is 0 Å². The molecule has 1 unspecified atom stereocenters. The van der Waals surface area contributed by atoms with E-state index >= 15 is 0 Å². The van der Waals surface area contributed by atoms with Crippen LogP contribution in [0.25, 0.3) is 0 Å². The van der Waals surface area contributed by atoms with Crippen molar-refractivity contribution in [1.82, 2.24) is 5.32 Å². The summed E-state index contributed by atoms with van der Waals surface area (Å²) in [6, 6.07) is 8.48. The molecule has 1 fully saturated rings. The summed E-state index contributed by atoms with van der Waals surface area (Å²) in [7, 11) is 0. The molecule has 1 aliphatic rings. The number of nitrogens with one attached hydrogen (secondary N) is 1. The lowest BCUT2D eigenvalue weighted by molar-refractivity contribution is 0.0723. The number of hydrogen-bond donors (Lipinski definition) is 2. The number of ether oxygens (including phenoxy) is 1. The average Bonchev–Trinajstić information content (AvgIpc) is 2.38. The number of aliphatic hydroxyl groups excluding tert-OH is 1. The molecular formula is C14H21NO2. The lowest BCUT2D eigenvalue weighted by atomic mass is 10.0. The van der Waals surface area contributed by atoms with Crippen molar-refractivity contribution in [3.05, 3.63) is 35.4 Å². The molecule has 0 aromatic heterocycles. The SMILES string of the molecule is Cc1ccccc1C(O)CNC1CCOCC1. The third kappa shape index (κ3) is 3.53. The van der Waals surface area contributed by atoms with E-state index in [-0.39, 0.29) is 0 Å². The molecule has 1 saturated heterocycles. The summed E-state index contributed by atoms with van der Waals surface area (Å²) >= 11 is 0. The molecule has 0 spiro atoms. The summed E-state index contributed by atoms with van der Waals surface area (Å²) in [4.78, 5) is 0. The van der Waals surface area contributed by atoms with Crippen LogP contribution in [0.1, 0.15) is 30.1 Å². The van der Waals surface area contributed by atoms with E-state index in [4.69, 9.17) is 4.74 Å². The minimum absolute atomic E-state index is 0.418. The molecule has 3 nitrogen and oxygen atoms in total. The van der Waals surface area contributed by atoms with Gasteiger partial charge in [-0.25, -0.2) is 0 Å². The van der Waals surface area contributed by atoms with E-state index in [1.54, 1.807) is 0 Å². The van der Waals surface area contributed by atoms with E-state index in [1.165, 1.54) is 0 Å². The first-order chi connectivity index (χ1) is 8.27. The minimum atomic E-state index is -0.418. The fourth-order valence-corrected chi connectivity index (χ4v) is 2.25. The topological polar surface area (TPSA) is 41.5 Å². The van der Waals surface area contributed by atoms with Crippen LogP contribution in [0.3, 0.4) is 0 Å². The quantitative estimate of drug-likeness (QED) is 0.836. The van der Waals surface area contributed by atoms with E-state index in [1.807, 2.05) is 31.2 Å². The maximum Gasteiger partial charge on any atom is 0.0917 e. The largest absolute Gasteiger partial charge is 0.387 e. The first-order valence-electron chi connectivity index (χ1n) is 6.32. The van der Waals surface area contributed by atoms with Gasteiger partial charge in [0.25, 0.3) is 0 Å². The highest BCUT2D eigenvalue weighted by Crippen LogP contribution is 2.17. The summed E-state index contributed by atoms with van der Waals surface area (Å²) in [6.45, 7) is 4.32. The fourth-order valence-electron chi connectivity index (χ4n) is 2.25. The number of aryl methyl sites for hydroxylation is 1. The Morgan fingerprint density at radius 2 is 2.06 bits per heavy atom. The molecule has 2 rings (SSSR count). The van der Waals surface area contributed by atoms with Crippen LogP contribution in [0.5, 0.6) is 0 Å². The van der Waals surface area contributed by atoms with Gasteiger partial charge < -0.3 is 15.2 Å². The van der Waals surface area contributed by atoms with Crippen LogP contribution in [0.15, 0.2) is 24.3 Å². The van der Waals surface area contributed by atoms with E-state index in [2.05, 4.69) is 5.32 Å². The zero-order chi connectivity index (χ0) is 12.1. The van der Waals surface area contributed by atoms with Gasteiger partial charge in [0.2, 0.25) is 0 Å². The molecule has 2 N–H and O–H groups in total. The Morgan fingerprint density at radius 1 is 1.35 bits per heavy atom. The Bertz CT molecular complexity index is 348. The maximum atomic E-state index is 10.1. The van der Waals surface area contributed by atoms with E-state index in [0.29, 0.717) is 12.6 Å². The number of benzene rings is 1. The highest BCUT2D eigenvalue weighted by molar-refractivity contribution is 5.27. The smallest absolute Gasteiger partial charge is 0.0917 e. The summed E-state index contributed by atoms with van der Waals surface area (Å²) in [5.41, 5.74) is 2.17. The van der Waals surface area contributed by atoms with E-state index in [0.717, 1.165) is 37.2 Å². The van der Waals surface area contributed by atoms with Gasteiger partial charge >= 0.3 is 0 Å². The zero-order valence-corrected chi connectivity index (χ0v) is 10.4. The van der Waals surface area contributed by atoms with Crippen molar-refractivity contribution >= 4 is 0 Å². The molecule has 3 heteroatoms. The Kier molecular flexibility index (Phi) is 4.54. The lowest BCUT2D eigenvalue weighted by Crippen LogP contribution is -2.37. The number of rotatable bonds is 4. The molecular weight excluding hydrogens is 214 g/mol. The van der Waals surface area contributed by atoms with Gasteiger partial charge in [-0.2, -0.15) is 0 Å². The predicted molar refractivity (Wildman–Crippen MR) is 68.0 cm³/mol. The average molecular weight is 235 g/mol. The normalized spacial score (nSPS) is 19.2. The van der Waals surface area contributed by atoms with Crippen molar-refractivity contribution in [2.75, 3.05) is 19.8 Å². The molecule has 0 aliphatic carbocycles. The molecule has 0 radical (unpaired) electrons. The molecule has 0 amide bonds. The van der Waals surface area contributed by atoms with Crippen molar-refractivity contribution in [1.29, 1.82) is 0 Å². The molecule has 94 valence electrons. The van der Waals surface area contributed by atoms with Crippen LogP contribution in [-0.4, -0.2) is 30.9 Å². The second-order valence-electron chi connectivity index (χ2n) is 4.67. The maximum absolute atomic E-state index is 10.1. The Balaban J connectivity index is 1.84. The van der Waals surface area contributed by atoms with Crippen LogP contribution < -0.4 is 5.32 Å². The number of hydrogen-bond acceptors (Lipinski definition) is 3. The van der Waals surface area contributed by atoms with Gasteiger partial charge in [-0.05, 0) is 30.9 Å². The molecule has 1 aromatic carbocycles. The van der Waals surface area contributed by atoms with Crippen LogP contribution in [0.4, 0.5) is 0 Å². The predicted octanol–water partition coefficient (Wildman–Crippen LogP) is 1.80. The third-order valence-electron chi connectivity index (χ3n) is 3.37. The first kappa shape index (κ1) is 12.6. The first-order valence-corrected chi connectivity index (χ1v) is 6.32. The monoisotopic (exact) mass is 235 g/mol. The van der Waals surface area contributed by atoms with Gasteiger partial charge in [-0.1, -0.05) is 24.3 Å². The molecule has 1 heterocycles. The van der Waals surface area contributed by atoms with Crippen LogP contribution in [0.2, 0.25) is 0 Å². The van der Waals surface area contributed by atoms with E-state index in [9.17, 15) is 5.11 Å². The summed E-state index contributed by atoms with van der Waals surface area (Å²) in [5, 5.41) is 13.6. The van der Waals surface area contributed by atoms with Gasteiger partial charge in [0.1, 0.15) is 0 Å². The van der Waals surface area contributed by atoms with Crippen LogP contribution in [0, 0.1) is 6.92 Å². The van der Waals surface area contributed by atoms with Gasteiger partial charge in [0.05, 0.1) is 6.10 Å². The molecule has 1 aromatic rings. The van der Waals surface area contributed by atoms with Gasteiger partial charge in [-0.3, -0.25) is 0 Å². The summed E-state index contributed by atoms with van der Waals surface area (Å²) in [6.07, 6.45) is 1.67. The Hall–Kier alpha value is -0.900. The third-order valence-corrected chi connectivity index (χ3v) is 3.37.